The summed E-state index contributed by atoms with van der Waals surface area (Å²) in [7, 11) is 3.86. The predicted octanol–water partition coefficient (Wildman–Crippen LogP) is 2.59. The number of carbonyl (C=O) groups excluding carboxylic acids is 2. The van der Waals surface area contributed by atoms with Crippen LogP contribution < -0.4 is 0 Å². The van der Waals surface area contributed by atoms with E-state index in [4.69, 9.17) is 0 Å². The lowest BCUT2D eigenvalue weighted by Gasteiger charge is -2.25. The van der Waals surface area contributed by atoms with Gasteiger partial charge in [-0.15, -0.1) is 0 Å². The number of hydrogen-bond donors (Lipinski definition) is 1. The first-order valence-electron chi connectivity index (χ1n) is 9.00. The molecule has 0 saturated carbocycles. The minimum absolute atomic E-state index is 0.0276. The Kier molecular flexibility index (Phi) is 5.84. The van der Waals surface area contributed by atoms with E-state index in [2.05, 4.69) is 4.98 Å². The molecule has 1 aromatic carbocycles. The molecule has 0 aliphatic carbocycles. The van der Waals surface area contributed by atoms with Crippen LogP contribution in [0.4, 0.5) is 4.39 Å². The van der Waals surface area contributed by atoms with Gasteiger partial charge in [-0.05, 0) is 63.5 Å². The average Bonchev–Trinajstić information content (AvgIpc) is 2.93. The monoisotopic (exact) mass is 383 g/mol. The standard InChI is InChI=1S/C21H22FN3O3/c1-24(2)12-5-13-25-18(16-6-3-4-11-23-16)17(20(27)21(25)28)19(26)14-7-9-15(22)10-8-14/h3-4,6-11,18,26H,5,12-13H2,1-2H3. The van der Waals surface area contributed by atoms with Crippen molar-refractivity contribution in [2.24, 2.45) is 0 Å². The quantitative estimate of drug-likeness (QED) is 0.472. The number of pyridine rings is 1. The van der Waals surface area contributed by atoms with Crippen molar-refractivity contribution in [1.29, 1.82) is 0 Å². The molecule has 6 nitrogen and oxygen atoms in total. The molecule has 2 aromatic rings. The number of aliphatic hydroxyl groups excluding tert-OH is 1. The Morgan fingerprint density at radius 1 is 1.18 bits per heavy atom. The third kappa shape index (κ3) is 3.94. The van der Waals surface area contributed by atoms with Crippen LogP contribution in [0.3, 0.4) is 0 Å². The Morgan fingerprint density at radius 3 is 2.50 bits per heavy atom. The molecule has 1 aromatic heterocycles. The number of aliphatic hydroxyl groups is 1. The number of benzene rings is 1. The first-order chi connectivity index (χ1) is 13.4. The molecule has 0 bridgehead atoms. The average molecular weight is 383 g/mol. The molecule has 0 radical (unpaired) electrons. The Morgan fingerprint density at radius 2 is 1.89 bits per heavy atom. The van der Waals surface area contributed by atoms with Gasteiger partial charge in [-0.25, -0.2) is 4.39 Å². The van der Waals surface area contributed by atoms with Crippen molar-refractivity contribution in [3.05, 3.63) is 71.3 Å². The maximum atomic E-state index is 13.2. The minimum Gasteiger partial charge on any atom is -0.507 e. The summed E-state index contributed by atoms with van der Waals surface area (Å²) in [6.45, 7) is 1.10. The fraction of sp³-hybridized carbons (Fsp3) is 0.286. The van der Waals surface area contributed by atoms with Crippen LogP contribution in [-0.4, -0.2) is 58.8 Å². The molecule has 1 aliphatic rings. The lowest BCUT2D eigenvalue weighted by atomic mass is 9.98. The van der Waals surface area contributed by atoms with Crippen LogP contribution in [0.15, 0.2) is 54.2 Å². The summed E-state index contributed by atoms with van der Waals surface area (Å²) in [5, 5.41) is 10.8. The first-order valence-corrected chi connectivity index (χ1v) is 9.00. The number of nitrogens with zero attached hydrogens (tertiary/aromatic N) is 3. The minimum atomic E-state index is -0.784. The number of likely N-dealkylation sites (tertiary alicyclic amines) is 1. The Labute approximate surface area is 162 Å². The number of halogens is 1. The van der Waals surface area contributed by atoms with Gasteiger partial charge in [0.15, 0.2) is 0 Å². The molecule has 1 N–H and O–H groups in total. The third-order valence-electron chi connectivity index (χ3n) is 4.63. The van der Waals surface area contributed by atoms with Crippen molar-refractivity contribution in [2.75, 3.05) is 27.2 Å². The van der Waals surface area contributed by atoms with Gasteiger partial charge < -0.3 is 14.9 Å². The molecule has 28 heavy (non-hydrogen) atoms. The van der Waals surface area contributed by atoms with E-state index in [1.807, 2.05) is 19.0 Å². The van der Waals surface area contributed by atoms with Gasteiger partial charge in [-0.3, -0.25) is 14.6 Å². The predicted molar refractivity (Wildman–Crippen MR) is 103 cm³/mol. The molecule has 1 saturated heterocycles. The van der Waals surface area contributed by atoms with Gasteiger partial charge in [0.05, 0.1) is 11.3 Å². The molecular formula is C21H22FN3O3. The maximum Gasteiger partial charge on any atom is 0.295 e. The molecule has 2 heterocycles. The summed E-state index contributed by atoms with van der Waals surface area (Å²) < 4.78 is 13.2. The second-order valence-corrected chi connectivity index (χ2v) is 6.91. The zero-order chi connectivity index (χ0) is 20.3. The molecule has 0 spiro atoms. The van der Waals surface area contributed by atoms with Crippen LogP contribution in [0, 0.1) is 5.82 Å². The molecule has 3 rings (SSSR count). The van der Waals surface area contributed by atoms with Gasteiger partial charge in [0.25, 0.3) is 11.7 Å². The van der Waals surface area contributed by atoms with Crippen molar-refractivity contribution < 1.29 is 19.1 Å². The summed E-state index contributed by atoms with van der Waals surface area (Å²) in [5.41, 5.74) is 0.740. The van der Waals surface area contributed by atoms with E-state index in [-0.39, 0.29) is 16.9 Å². The van der Waals surface area contributed by atoms with E-state index in [0.29, 0.717) is 18.7 Å². The fourth-order valence-electron chi connectivity index (χ4n) is 3.28. The number of hydrogen-bond acceptors (Lipinski definition) is 5. The van der Waals surface area contributed by atoms with E-state index >= 15 is 0 Å². The zero-order valence-corrected chi connectivity index (χ0v) is 15.8. The smallest absolute Gasteiger partial charge is 0.295 e. The summed E-state index contributed by atoms with van der Waals surface area (Å²) in [6, 6.07) is 9.57. The van der Waals surface area contributed by atoms with Gasteiger partial charge in [0.1, 0.15) is 17.6 Å². The van der Waals surface area contributed by atoms with Crippen molar-refractivity contribution in [3.8, 4) is 0 Å². The summed E-state index contributed by atoms with van der Waals surface area (Å²) >= 11 is 0. The normalized spacial score (nSPS) is 18.9. The lowest BCUT2D eigenvalue weighted by Crippen LogP contribution is -2.32. The molecule has 1 atom stereocenters. The van der Waals surface area contributed by atoms with Crippen molar-refractivity contribution >= 4 is 17.4 Å². The highest BCUT2D eigenvalue weighted by Gasteiger charge is 2.46. The highest BCUT2D eigenvalue weighted by atomic mass is 19.1. The van der Waals surface area contributed by atoms with E-state index in [0.717, 1.165) is 6.54 Å². The number of aromatic nitrogens is 1. The van der Waals surface area contributed by atoms with E-state index in [1.165, 1.54) is 29.2 Å². The van der Waals surface area contributed by atoms with Crippen molar-refractivity contribution in [2.45, 2.75) is 12.5 Å². The van der Waals surface area contributed by atoms with Crippen LogP contribution in [0.1, 0.15) is 23.7 Å². The van der Waals surface area contributed by atoms with Gasteiger partial charge in [-0.1, -0.05) is 6.07 Å². The maximum absolute atomic E-state index is 13.2. The SMILES string of the molecule is CN(C)CCCN1C(=O)C(=O)C(=C(O)c2ccc(F)cc2)C1c1ccccn1. The number of ketones is 1. The van der Waals surface area contributed by atoms with E-state index in [9.17, 15) is 19.1 Å². The second kappa shape index (κ2) is 8.31. The molecule has 1 unspecified atom stereocenters. The molecule has 146 valence electrons. The highest BCUT2D eigenvalue weighted by molar-refractivity contribution is 6.46. The van der Waals surface area contributed by atoms with Crippen LogP contribution >= 0.6 is 0 Å². The van der Waals surface area contributed by atoms with Crippen LogP contribution in [0.2, 0.25) is 0 Å². The van der Waals surface area contributed by atoms with Gasteiger partial charge in [-0.2, -0.15) is 0 Å². The van der Waals surface area contributed by atoms with Crippen LogP contribution in [-0.2, 0) is 9.59 Å². The molecular weight excluding hydrogens is 361 g/mol. The molecule has 1 fully saturated rings. The van der Waals surface area contributed by atoms with Crippen LogP contribution in [0.25, 0.3) is 5.76 Å². The van der Waals surface area contributed by atoms with Crippen molar-refractivity contribution in [3.63, 3.8) is 0 Å². The molecule has 7 heteroatoms. The fourth-order valence-corrected chi connectivity index (χ4v) is 3.28. The second-order valence-electron chi connectivity index (χ2n) is 6.91. The van der Waals surface area contributed by atoms with Gasteiger partial charge >= 0.3 is 0 Å². The number of carbonyl (C=O) groups is 2. The third-order valence-corrected chi connectivity index (χ3v) is 4.63. The van der Waals surface area contributed by atoms with Gasteiger partial charge in [0.2, 0.25) is 0 Å². The Bertz CT molecular complexity index is 895. The van der Waals surface area contributed by atoms with Gasteiger partial charge in [0, 0.05) is 18.3 Å². The number of rotatable bonds is 6. The summed E-state index contributed by atoms with van der Waals surface area (Å²) in [4.78, 5) is 33.2. The zero-order valence-electron chi connectivity index (χ0n) is 15.8. The van der Waals surface area contributed by atoms with E-state index < -0.39 is 23.5 Å². The number of Topliss-reactive ketones (excluding diaryl/α,β-unsaturated/α-hetero) is 1. The topological polar surface area (TPSA) is 73.7 Å². The van der Waals surface area contributed by atoms with Crippen molar-refractivity contribution in [1.82, 2.24) is 14.8 Å². The Hall–Kier alpha value is -3.06. The molecule has 1 aliphatic heterocycles. The lowest BCUT2D eigenvalue weighted by molar-refractivity contribution is -0.140. The summed E-state index contributed by atoms with van der Waals surface area (Å²) in [5.74, 6) is -2.22. The largest absolute Gasteiger partial charge is 0.507 e. The molecule has 1 amide bonds. The summed E-state index contributed by atoms with van der Waals surface area (Å²) in [6.07, 6.45) is 2.24. The number of amides is 1. The van der Waals surface area contributed by atoms with Crippen LogP contribution in [0.5, 0.6) is 0 Å². The Balaban J connectivity index is 2.06. The first kappa shape index (κ1) is 19.7. The highest BCUT2D eigenvalue weighted by Crippen LogP contribution is 2.38. The van der Waals surface area contributed by atoms with E-state index in [1.54, 1.807) is 24.4 Å².